The lowest BCUT2D eigenvalue weighted by Crippen LogP contribution is -1.98. The fraction of sp³-hybridized carbons (Fsp3) is 0.214. The Labute approximate surface area is 110 Å². The van der Waals surface area contributed by atoms with Gasteiger partial charge in [-0.25, -0.2) is 4.79 Å². The molecule has 0 spiro atoms. The summed E-state index contributed by atoms with van der Waals surface area (Å²) in [7, 11) is 0. The third-order valence-electron chi connectivity index (χ3n) is 2.40. The number of aryl methyl sites for hydroxylation is 1. The maximum absolute atomic E-state index is 11.1. The van der Waals surface area contributed by atoms with Crippen LogP contribution in [-0.4, -0.2) is 22.7 Å². The van der Waals surface area contributed by atoms with E-state index in [0.29, 0.717) is 12.4 Å². The van der Waals surface area contributed by atoms with Crippen LogP contribution in [0.4, 0.5) is 0 Å². The minimum absolute atomic E-state index is 0.267. The van der Waals surface area contributed by atoms with Gasteiger partial charge in [0, 0.05) is 17.7 Å². The molecule has 98 valence electrons. The fourth-order valence-electron chi connectivity index (χ4n) is 1.45. The van der Waals surface area contributed by atoms with Gasteiger partial charge in [-0.05, 0) is 13.8 Å². The van der Waals surface area contributed by atoms with Gasteiger partial charge in [0.2, 0.25) is 5.82 Å². The molecule has 2 aromatic rings. The molecule has 0 aliphatic rings. The Morgan fingerprint density at radius 2 is 2.11 bits per heavy atom. The Morgan fingerprint density at radius 3 is 2.79 bits per heavy atom. The highest BCUT2D eigenvalue weighted by molar-refractivity contribution is 5.86. The van der Waals surface area contributed by atoms with Crippen molar-refractivity contribution in [2.45, 2.75) is 13.8 Å². The molecule has 0 aliphatic carbocycles. The summed E-state index contributed by atoms with van der Waals surface area (Å²) in [5, 5.41) is 3.85. The molecule has 19 heavy (non-hydrogen) atoms. The lowest BCUT2D eigenvalue weighted by Gasteiger charge is -1.94. The van der Waals surface area contributed by atoms with Crippen molar-refractivity contribution in [3.8, 4) is 11.4 Å². The number of carbonyl (C=O) groups is 1. The highest BCUT2D eigenvalue weighted by atomic mass is 16.5. The molecule has 1 aromatic carbocycles. The van der Waals surface area contributed by atoms with Gasteiger partial charge in [-0.15, -0.1) is 0 Å². The number of aromatic nitrogens is 2. The summed E-state index contributed by atoms with van der Waals surface area (Å²) in [6.07, 6.45) is 2.69. The number of rotatable bonds is 4. The highest BCUT2D eigenvalue weighted by Gasteiger charge is 2.06. The van der Waals surface area contributed by atoms with Crippen LogP contribution < -0.4 is 0 Å². The monoisotopic (exact) mass is 258 g/mol. The maximum atomic E-state index is 11.1. The van der Waals surface area contributed by atoms with Gasteiger partial charge in [-0.3, -0.25) is 0 Å². The van der Waals surface area contributed by atoms with Crippen LogP contribution in [0.15, 0.2) is 34.9 Å². The zero-order valence-corrected chi connectivity index (χ0v) is 10.8. The molecule has 2 rings (SSSR count). The van der Waals surface area contributed by atoms with Crippen molar-refractivity contribution in [3.63, 3.8) is 0 Å². The molecule has 5 heteroatoms. The van der Waals surface area contributed by atoms with Gasteiger partial charge in [-0.1, -0.05) is 35.0 Å². The second-order valence-electron chi connectivity index (χ2n) is 3.91. The van der Waals surface area contributed by atoms with Gasteiger partial charge in [0.15, 0.2) is 0 Å². The first-order valence-electron chi connectivity index (χ1n) is 5.94. The van der Waals surface area contributed by atoms with Gasteiger partial charge in [0.1, 0.15) is 0 Å². The Bertz CT molecular complexity index is 585. The standard InChI is InChI=1S/C14H14N2O3/c1-3-18-13(17)9-8-12-15-14(16-19-12)11-6-4-10(2)5-7-11/h4-9H,3H2,1-2H3/b9-8+. The molecule has 5 nitrogen and oxygen atoms in total. The molecule has 0 radical (unpaired) electrons. The zero-order chi connectivity index (χ0) is 13.7. The fourth-order valence-corrected chi connectivity index (χ4v) is 1.45. The zero-order valence-electron chi connectivity index (χ0n) is 10.8. The van der Waals surface area contributed by atoms with Crippen LogP contribution in [0.5, 0.6) is 0 Å². The van der Waals surface area contributed by atoms with Gasteiger partial charge < -0.3 is 9.26 Å². The predicted octanol–water partition coefficient (Wildman–Crippen LogP) is 2.62. The average molecular weight is 258 g/mol. The van der Waals surface area contributed by atoms with E-state index in [1.165, 1.54) is 12.2 Å². The smallest absolute Gasteiger partial charge is 0.330 e. The molecular formula is C14H14N2O3. The summed E-state index contributed by atoms with van der Waals surface area (Å²) in [6, 6.07) is 7.78. The highest BCUT2D eigenvalue weighted by Crippen LogP contribution is 2.16. The Hall–Kier alpha value is -2.43. The van der Waals surface area contributed by atoms with E-state index in [0.717, 1.165) is 11.1 Å². The van der Waals surface area contributed by atoms with E-state index in [-0.39, 0.29) is 5.89 Å². The summed E-state index contributed by atoms with van der Waals surface area (Å²) in [6.45, 7) is 4.09. The van der Waals surface area contributed by atoms with Crippen molar-refractivity contribution >= 4 is 12.0 Å². The lowest BCUT2D eigenvalue weighted by molar-refractivity contribution is -0.137. The van der Waals surface area contributed by atoms with Crippen LogP contribution in [0.1, 0.15) is 18.4 Å². The van der Waals surface area contributed by atoms with Crippen molar-refractivity contribution in [3.05, 3.63) is 41.8 Å². The largest absolute Gasteiger partial charge is 0.463 e. The SMILES string of the molecule is CCOC(=O)/C=C/c1nc(-c2ccc(C)cc2)no1. The normalized spacial score (nSPS) is 10.8. The van der Waals surface area contributed by atoms with Gasteiger partial charge in [-0.2, -0.15) is 4.98 Å². The first-order valence-corrected chi connectivity index (χ1v) is 5.94. The quantitative estimate of drug-likeness (QED) is 0.623. The second kappa shape index (κ2) is 5.95. The summed E-state index contributed by atoms with van der Waals surface area (Å²) < 4.78 is 9.77. The third-order valence-corrected chi connectivity index (χ3v) is 2.40. The summed E-state index contributed by atoms with van der Waals surface area (Å²) >= 11 is 0. The van der Waals surface area contributed by atoms with Crippen molar-refractivity contribution in [2.75, 3.05) is 6.61 Å². The number of carbonyl (C=O) groups excluding carboxylic acids is 1. The Balaban J connectivity index is 2.11. The number of nitrogens with zero attached hydrogens (tertiary/aromatic N) is 2. The Morgan fingerprint density at radius 1 is 1.37 bits per heavy atom. The molecule has 1 heterocycles. The van der Waals surface area contributed by atoms with E-state index in [9.17, 15) is 4.79 Å². The van der Waals surface area contributed by atoms with E-state index in [4.69, 9.17) is 9.26 Å². The first kappa shape index (κ1) is 13.0. The van der Waals surface area contributed by atoms with E-state index in [1.807, 2.05) is 31.2 Å². The lowest BCUT2D eigenvalue weighted by atomic mass is 10.1. The molecule has 0 bridgehead atoms. The molecule has 0 amide bonds. The van der Waals surface area contributed by atoms with Crippen LogP contribution in [0, 0.1) is 6.92 Å². The summed E-state index contributed by atoms with van der Waals surface area (Å²) in [5.74, 6) is 0.324. The van der Waals surface area contributed by atoms with Crippen molar-refractivity contribution in [1.82, 2.24) is 10.1 Å². The molecule has 0 N–H and O–H groups in total. The van der Waals surface area contributed by atoms with E-state index >= 15 is 0 Å². The van der Waals surface area contributed by atoms with Gasteiger partial charge >= 0.3 is 5.97 Å². The average Bonchev–Trinajstić information content (AvgIpc) is 2.86. The molecular weight excluding hydrogens is 244 g/mol. The van der Waals surface area contributed by atoms with Crippen molar-refractivity contribution in [1.29, 1.82) is 0 Å². The molecule has 0 saturated carbocycles. The van der Waals surface area contributed by atoms with Crippen LogP contribution in [0.25, 0.3) is 17.5 Å². The van der Waals surface area contributed by atoms with E-state index < -0.39 is 5.97 Å². The molecule has 1 aromatic heterocycles. The topological polar surface area (TPSA) is 65.2 Å². The minimum atomic E-state index is -0.433. The van der Waals surface area contributed by atoms with Crippen molar-refractivity contribution in [2.24, 2.45) is 0 Å². The van der Waals surface area contributed by atoms with Crippen LogP contribution in [0.2, 0.25) is 0 Å². The van der Waals surface area contributed by atoms with Gasteiger partial charge in [0.05, 0.1) is 6.61 Å². The number of esters is 1. The molecule has 0 atom stereocenters. The third kappa shape index (κ3) is 3.51. The second-order valence-corrected chi connectivity index (χ2v) is 3.91. The van der Waals surface area contributed by atoms with Crippen molar-refractivity contribution < 1.29 is 14.1 Å². The van der Waals surface area contributed by atoms with Crippen LogP contribution in [0.3, 0.4) is 0 Å². The maximum Gasteiger partial charge on any atom is 0.330 e. The Kier molecular flexibility index (Phi) is 4.07. The summed E-state index contributed by atoms with van der Waals surface area (Å²) in [4.78, 5) is 15.3. The number of hydrogen-bond donors (Lipinski definition) is 0. The van der Waals surface area contributed by atoms with E-state index in [2.05, 4.69) is 10.1 Å². The first-order chi connectivity index (χ1) is 9.19. The molecule has 0 saturated heterocycles. The molecule has 0 unspecified atom stereocenters. The van der Waals surface area contributed by atoms with Crippen LogP contribution >= 0.6 is 0 Å². The number of hydrogen-bond acceptors (Lipinski definition) is 5. The van der Waals surface area contributed by atoms with Gasteiger partial charge in [0.25, 0.3) is 5.89 Å². The van der Waals surface area contributed by atoms with Crippen LogP contribution in [-0.2, 0) is 9.53 Å². The number of benzene rings is 1. The number of ether oxygens (including phenoxy) is 1. The molecule has 0 aliphatic heterocycles. The van der Waals surface area contributed by atoms with E-state index in [1.54, 1.807) is 6.92 Å². The summed E-state index contributed by atoms with van der Waals surface area (Å²) in [5.41, 5.74) is 2.03. The predicted molar refractivity (Wildman–Crippen MR) is 70.1 cm³/mol. The minimum Gasteiger partial charge on any atom is -0.463 e. The molecule has 0 fully saturated rings.